The Morgan fingerprint density at radius 2 is 2.41 bits per heavy atom. The molecule has 0 aliphatic heterocycles. The van der Waals surface area contributed by atoms with Gasteiger partial charge in [-0.25, -0.2) is 0 Å². The minimum absolute atomic E-state index is 0.0896. The van der Waals surface area contributed by atoms with Crippen molar-refractivity contribution in [3.63, 3.8) is 0 Å². The van der Waals surface area contributed by atoms with E-state index in [2.05, 4.69) is 15.5 Å². The molecule has 0 fully saturated rings. The number of thiophene rings is 1. The van der Waals surface area contributed by atoms with E-state index in [1.54, 1.807) is 0 Å². The van der Waals surface area contributed by atoms with Gasteiger partial charge in [0, 0.05) is 6.42 Å². The summed E-state index contributed by atoms with van der Waals surface area (Å²) in [7, 11) is 0. The van der Waals surface area contributed by atoms with Gasteiger partial charge in [0.1, 0.15) is 0 Å². The predicted octanol–water partition coefficient (Wildman–Crippen LogP) is 2.93. The summed E-state index contributed by atoms with van der Waals surface area (Å²) in [5.41, 5.74) is 0. The molecule has 2 aromatic heterocycles. The van der Waals surface area contributed by atoms with Crippen molar-refractivity contribution in [2.45, 2.75) is 26.2 Å². The average molecular weight is 251 g/mol. The predicted molar refractivity (Wildman–Crippen MR) is 65.8 cm³/mol. The Morgan fingerprint density at radius 1 is 1.53 bits per heavy atom. The topological polar surface area (TPSA) is 68.0 Å². The van der Waals surface area contributed by atoms with Crippen molar-refractivity contribution in [1.29, 1.82) is 0 Å². The van der Waals surface area contributed by atoms with Crippen molar-refractivity contribution < 1.29 is 9.21 Å². The molecule has 0 aliphatic carbocycles. The van der Waals surface area contributed by atoms with Crippen LogP contribution in [0.5, 0.6) is 0 Å². The van der Waals surface area contributed by atoms with Gasteiger partial charge in [0.25, 0.3) is 5.89 Å². The number of nitrogens with one attached hydrogen (secondary N) is 1. The number of rotatable bonds is 5. The molecule has 17 heavy (non-hydrogen) atoms. The maximum Gasteiger partial charge on any atom is 0.322 e. The van der Waals surface area contributed by atoms with Crippen LogP contribution in [-0.4, -0.2) is 16.1 Å². The zero-order valence-corrected chi connectivity index (χ0v) is 10.3. The van der Waals surface area contributed by atoms with E-state index in [-0.39, 0.29) is 11.9 Å². The minimum Gasteiger partial charge on any atom is -0.402 e. The van der Waals surface area contributed by atoms with Crippen LogP contribution in [0.2, 0.25) is 0 Å². The molecule has 0 atom stereocenters. The Hall–Kier alpha value is -1.69. The summed E-state index contributed by atoms with van der Waals surface area (Å²) in [6.07, 6.45) is 2.32. The Bertz CT molecular complexity index is 479. The van der Waals surface area contributed by atoms with Crippen LogP contribution in [0.25, 0.3) is 10.8 Å². The van der Waals surface area contributed by atoms with Crippen LogP contribution in [-0.2, 0) is 4.79 Å². The highest BCUT2D eigenvalue weighted by Gasteiger charge is 2.11. The number of unbranched alkanes of at least 4 members (excludes halogenated alkanes) is 1. The smallest absolute Gasteiger partial charge is 0.322 e. The SMILES string of the molecule is CCCCC(=O)Nc1nnc(-c2cccs2)o1. The monoisotopic (exact) mass is 251 g/mol. The van der Waals surface area contributed by atoms with E-state index >= 15 is 0 Å². The third kappa shape index (κ3) is 3.13. The number of nitrogens with zero attached hydrogens (tertiary/aromatic N) is 2. The van der Waals surface area contributed by atoms with Crippen LogP contribution < -0.4 is 5.32 Å². The van der Waals surface area contributed by atoms with E-state index in [4.69, 9.17) is 4.42 Å². The minimum atomic E-state index is -0.0896. The molecule has 90 valence electrons. The fraction of sp³-hybridized carbons (Fsp3) is 0.364. The number of hydrogen-bond acceptors (Lipinski definition) is 5. The van der Waals surface area contributed by atoms with Crippen molar-refractivity contribution >= 4 is 23.3 Å². The van der Waals surface area contributed by atoms with E-state index in [0.717, 1.165) is 17.7 Å². The number of anilines is 1. The highest BCUT2D eigenvalue weighted by molar-refractivity contribution is 7.13. The summed E-state index contributed by atoms with van der Waals surface area (Å²) in [4.78, 5) is 12.3. The summed E-state index contributed by atoms with van der Waals surface area (Å²) in [6, 6.07) is 3.96. The van der Waals surface area contributed by atoms with Crippen LogP contribution in [0.15, 0.2) is 21.9 Å². The number of carbonyl (C=O) groups excluding carboxylic acids is 1. The first-order chi connectivity index (χ1) is 8.29. The molecule has 0 aliphatic rings. The lowest BCUT2D eigenvalue weighted by Crippen LogP contribution is -2.11. The Morgan fingerprint density at radius 3 is 3.12 bits per heavy atom. The molecule has 6 heteroatoms. The zero-order chi connectivity index (χ0) is 12.1. The third-order valence-electron chi connectivity index (χ3n) is 2.16. The highest BCUT2D eigenvalue weighted by Crippen LogP contribution is 2.24. The van der Waals surface area contributed by atoms with Crippen LogP contribution >= 0.6 is 11.3 Å². The maximum absolute atomic E-state index is 11.4. The quantitative estimate of drug-likeness (QED) is 0.887. The number of carbonyl (C=O) groups is 1. The van der Waals surface area contributed by atoms with Crippen molar-refractivity contribution in [1.82, 2.24) is 10.2 Å². The van der Waals surface area contributed by atoms with Crippen LogP contribution in [0, 0.1) is 0 Å². The van der Waals surface area contributed by atoms with Gasteiger partial charge in [-0.05, 0) is 17.9 Å². The van der Waals surface area contributed by atoms with Crippen LogP contribution in [0.1, 0.15) is 26.2 Å². The second-order valence-electron chi connectivity index (χ2n) is 3.54. The fourth-order valence-electron chi connectivity index (χ4n) is 1.29. The van der Waals surface area contributed by atoms with Gasteiger partial charge < -0.3 is 4.42 Å². The van der Waals surface area contributed by atoms with Gasteiger partial charge in [-0.1, -0.05) is 24.5 Å². The maximum atomic E-state index is 11.4. The Labute approximate surface area is 103 Å². The molecule has 2 heterocycles. The number of amides is 1. The second kappa shape index (κ2) is 5.58. The van der Waals surface area contributed by atoms with Gasteiger partial charge in [-0.2, -0.15) is 0 Å². The highest BCUT2D eigenvalue weighted by atomic mass is 32.1. The third-order valence-corrected chi connectivity index (χ3v) is 3.02. The van der Waals surface area contributed by atoms with E-state index in [0.29, 0.717) is 12.3 Å². The Balaban J connectivity index is 1.97. The average Bonchev–Trinajstić information content (AvgIpc) is 2.95. The lowest BCUT2D eigenvalue weighted by Gasteiger charge is -1.97. The van der Waals surface area contributed by atoms with E-state index < -0.39 is 0 Å². The summed E-state index contributed by atoms with van der Waals surface area (Å²) in [5.74, 6) is 0.346. The van der Waals surface area contributed by atoms with Crippen molar-refractivity contribution in [3.05, 3.63) is 17.5 Å². The molecule has 0 radical (unpaired) electrons. The molecule has 0 saturated carbocycles. The number of aromatic nitrogens is 2. The first kappa shape index (κ1) is 11.8. The van der Waals surface area contributed by atoms with E-state index in [9.17, 15) is 4.79 Å². The number of hydrogen-bond donors (Lipinski definition) is 1. The summed E-state index contributed by atoms with van der Waals surface area (Å²) < 4.78 is 5.33. The summed E-state index contributed by atoms with van der Waals surface area (Å²) in [6.45, 7) is 2.04. The molecular formula is C11H13N3O2S. The first-order valence-electron chi connectivity index (χ1n) is 5.47. The van der Waals surface area contributed by atoms with Gasteiger partial charge in [0.15, 0.2) is 0 Å². The van der Waals surface area contributed by atoms with Gasteiger partial charge >= 0.3 is 6.01 Å². The largest absolute Gasteiger partial charge is 0.402 e. The van der Waals surface area contributed by atoms with Crippen LogP contribution in [0.4, 0.5) is 6.01 Å². The van der Waals surface area contributed by atoms with Crippen molar-refractivity contribution in [2.24, 2.45) is 0 Å². The molecule has 2 rings (SSSR count). The molecule has 0 unspecified atom stereocenters. The first-order valence-corrected chi connectivity index (χ1v) is 6.35. The van der Waals surface area contributed by atoms with Gasteiger partial charge in [-0.3, -0.25) is 10.1 Å². The second-order valence-corrected chi connectivity index (χ2v) is 4.49. The summed E-state index contributed by atoms with van der Waals surface area (Å²) >= 11 is 1.51. The summed E-state index contributed by atoms with van der Waals surface area (Å²) in [5, 5.41) is 12.2. The Kier molecular flexibility index (Phi) is 3.87. The standard InChI is InChI=1S/C11H13N3O2S/c1-2-3-6-9(15)12-11-14-13-10(16-11)8-5-4-7-17-8/h4-5,7H,2-3,6H2,1H3,(H,12,14,15). The molecule has 0 aromatic carbocycles. The molecule has 0 bridgehead atoms. The molecule has 0 spiro atoms. The van der Waals surface area contributed by atoms with E-state index in [1.807, 2.05) is 24.4 Å². The lowest BCUT2D eigenvalue weighted by atomic mass is 10.2. The zero-order valence-electron chi connectivity index (χ0n) is 9.47. The molecular weight excluding hydrogens is 238 g/mol. The van der Waals surface area contributed by atoms with E-state index in [1.165, 1.54) is 11.3 Å². The van der Waals surface area contributed by atoms with Crippen LogP contribution in [0.3, 0.4) is 0 Å². The lowest BCUT2D eigenvalue weighted by molar-refractivity contribution is -0.116. The molecule has 0 saturated heterocycles. The van der Waals surface area contributed by atoms with Crippen molar-refractivity contribution in [2.75, 3.05) is 5.32 Å². The molecule has 1 amide bonds. The molecule has 1 N–H and O–H groups in total. The van der Waals surface area contributed by atoms with Gasteiger partial charge in [0.2, 0.25) is 5.91 Å². The fourth-order valence-corrected chi connectivity index (χ4v) is 1.94. The van der Waals surface area contributed by atoms with Crippen molar-refractivity contribution in [3.8, 4) is 10.8 Å². The van der Waals surface area contributed by atoms with Gasteiger partial charge in [0.05, 0.1) is 4.88 Å². The molecule has 2 aromatic rings. The van der Waals surface area contributed by atoms with Gasteiger partial charge in [-0.15, -0.1) is 16.4 Å². The normalized spacial score (nSPS) is 10.4. The molecule has 5 nitrogen and oxygen atoms in total.